The quantitative estimate of drug-likeness (QED) is 0.213. The molecular formula is C30H28F3NO5. The van der Waals surface area contributed by atoms with Gasteiger partial charge in [-0.3, -0.25) is 9.59 Å². The number of aliphatic hydroxyl groups excluding tert-OH is 1. The molecule has 1 heterocycles. The molecule has 6 nitrogen and oxygen atoms in total. The van der Waals surface area contributed by atoms with E-state index in [-0.39, 0.29) is 29.5 Å². The molecule has 1 atom stereocenters. The van der Waals surface area contributed by atoms with Gasteiger partial charge >= 0.3 is 6.18 Å². The Hall–Kier alpha value is -4.27. The summed E-state index contributed by atoms with van der Waals surface area (Å²) in [5.74, 6) is -1.10. The molecule has 1 N–H and O–H groups in total. The number of methoxy groups -OCH3 is 1. The molecule has 4 rings (SSSR count). The highest BCUT2D eigenvalue weighted by atomic mass is 19.4. The second-order valence-electron chi connectivity index (χ2n) is 9.55. The van der Waals surface area contributed by atoms with Crippen molar-refractivity contribution < 1.29 is 37.3 Å². The highest BCUT2D eigenvalue weighted by molar-refractivity contribution is 6.46. The maximum absolute atomic E-state index is 13.3. The molecule has 0 saturated carbocycles. The number of nitrogens with zero attached hydrogens (tertiary/aromatic N) is 1. The van der Waals surface area contributed by atoms with E-state index in [1.54, 1.807) is 49.4 Å². The third kappa shape index (κ3) is 5.77. The Bertz CT molecular complexity index is 1430. The van der Waals surface area contributed by atoms with E-state index in [1.165, 1.54) is 24.1 Å². The highest BCUT2D eigenvalue weighted by Gasteiger charge is 2.46. The van der Waals surface area contributed by atoms with Gasteiger partial charge in [0.1, 0.15) is 17.3 Å². The lowest BCUT2D eigenvalue weighted by molar-refractivity contribution is -0.140. The molecule has 0 bridgehead atoms. The lowest BCUT2D eigenvalue weighted by atomic mass is 9.94. The van der Waals surface area contributed by atoms with Crippen LogP contribution >= 0.6 is 0 Å². The summed E-state index contributed by atoms with van der Waals surface area (Å²) in [5, 5.41) is 11.3. The molecule has 1 unspecified atom stereocenters. The SMILES string of the molecule is COc1ccc(C2/C(=C(\O)c3ccc(OC(C)C)c(C)c3)C(=O)C(=O)N2Cc2cccc(C(F)(F)F)c2)cc1. The van der Waals surface area contributed by atoms with Gasteiger partial charge in [-0.05, 0) is 79.9 Å². The van der Waals surface area contributed by atoms with Crippen LogP contribution in [0.5, 0.6) is 11.5 Å². The molecule has 1 saturated heterocycles. The molecule has 204 valence electrons. The molecule has 0 spiro atoms. The van der Waals surface area contributed by atoms with Crippen LogP contribution in [0.3, 0.4) is 0 Å². The van der Waals surface area contributed by atoms with Gasteiger partial charge in [-0.25, -0.2) is 0 Å². The molecule has 0 radical (unpaired) electrons. The van der Waals surface area contributed by atoms with E-state index in [1.807, 2.05) is 13.8 Å². The minimum atomic E-state index is -4.57. The minimum Gasteiger partial charge on any atom is -0.507 e. The molecular weight excluding hydrogens is 511 g/mol. The maximum atomic E-state index is 13.3. The van der Waals surface area contributed by atoms with Gasteiger partial charge < -0.3 is 19.5 Å². The molecule has 1 amide bonds. The zero-order chi connectivity index (χ0) is 28.5. The van der Waals surface area contributed by atoms with Crippen molar-refractivity contribution in [2.45, 2.75) is 45.6 Å². The van der Waals surface area contributed by atoms with E-state index in [0.717, 1.165) is 12.1 Å². The fourth-order valence-electron chi connectivity index (χ4n) is 4.56. The van der Waals surface area contributed by atoms with Crippen LogP contribution < -0.4 is 9.47 Å². The van der Waals surface area contributed by atoms with E-state index >= 15 is 0 Å². The van der Waals surface area contributed by atoms with Gasteiger partial charge in [0.05, 0.1) is 30.4 Å². The lowest BCUT2D eigenvalue weighted by Crippen LogP contribution is -2.29. The van der Waals surface area contributed by atoms with Crippen LogP contribution in [-0.2, 0) is 22.3 Å². The molecule has 0 aromatic heterocycles. The Morgan fingerprint density at radius 2 is 1.72 bits per heavy atom. The van der Waals surface area contributed by atoms with Gasteiger partial charge in [-0.1, -0.05) is 24.3 Å². The summed E-state index contributed by atoms with van der Waals surface area (Å²) < 4.78 is 50.9. The van der Waals surface area contributed by atoms with Crippen LogP contribution in [0.25, 0.3) is 5.76 Å². The lowest BCUT2D eigenvalue weighted by Gasteiger charge is -2.26. The second-order valence-corrected chi connectivity index (χ2v) is 9.55. The van der Waals surface area contributed by atoms with E-state index in [9.17, 15) is 27.9 Å². The molecule has 3 aromatic rings. The fraction of sp³-hybridized carbons (Fsp3) is 0.267. The number of amides is 1. The van der Waals surface area contributed by atoms with Crippen molar-refractivity contribution in [3.8, 4) is 11.5 Å². The summed E-state index contributed by atoms with van der Waals surface area (Å²) in [4.78, 5) is 27.7. The number of aryl methyl sites for hydroxylation is 1. The Balaban J connectivity index is 1.82. The largest absolute Gasteiger partial charge is 0.507 e. The molecule has 1 aliphatic heterocycles. The number of hydrogen-bond acceptors (Lipinski definition) is 5. The average Bonchev–Trinajstić information content (AvgIpc) is 3.14. The minimum absolute atomic E-state index is 0.0700. The zero-order valence-electron chi connectivity index (χ0n) is 21.9. The first-order chi connectivity index (χ1) is 18.4. The highest BCUT2D eigenvalue weighted by Crippen LogP contribution is 2.41. The number of halogens is 3. The van der Waals surface area contributed by atoms with Crippen LogP contribution in [0.2, 0.25) is 0 Å². The topological polar surface area (TPSA) is 76.1 Å². The Labute approximate surface area is 224 Å². The summed E-state index contributed by atoms with van der Waals surface area (Å²) in [6, 6.07) is 15.0. The third-order valence-electron chi connectivity index (χ3n) is 6.39. The van der Waals surface area contributed by atoms with Gasteiger partial charge in [-0.15, -0.1) is 0 Å². The fourth-order valence-corrected chi connectivity index (χ4v) is 4.56. The first-order valence-electron chi connectivity index (χ1n) is 12.3. The van der Waals surface area contributed by atoms with Crippen molar-refractivity contribution in [2.75, 3.05) is 7.11 Å². The Morgan fingerprint density at radius 3 is 2.31 bits per heavy atom. The van der Waals surface area contributed by atoms with E-state index < -0.39 is 29.5 Å². The van der Waals surface area contributed by atoms with Gasteiger partial charge in [0.25, 0.3) is 11.7 Å². The van der Waals surface area contributed by atoms with Crippen LogP contribution in [0.4, 0.5) is 13.2 Å². The number of ketones is 1. The number of ether oxygens (including phenoxy) is 2. The van der Waals surface area contributed by atoms with Crippen LogP contribution in [0.15, 0.2) is 72.3 Å². The number of alkyl halides is 3. The number of carbonyl (C=O) groups is 2. The number of hydrogen-bond donors (Lipinski definition) is 1. The number of likely N-dealkylation sites (tertiary alicyclic amines) is 1. The molecule has 1 fully saturated rings. The number of carbonyl (C=O) groups excluding carboxylic acids is 2. The third-order valence-corrected chi connectivity index (χ3v) is 6.39. The van der Waals surface area contributed by atoms with Gasteiger partial charge in [0.2, 0.25) is 0 Å². The number of aliphatic hydroxyl groups is 1. The second kappa shape index (κ2) is 10.8. The smallest absolute Gasteiger partial charge is 0.416 e. The first kappa shape index (κ1) is 27.8. The summed E-state index contributed by atoms with van der Waals surface area (Å²) in [6.45, 7) is 5.28. The van der Waals surface area contributed by atoms with Crippen LogP contribution in [0.1, 0.15) is 47.7 Å². The average molecular weight is 540 g/mol. The van der Waals surface area contributed by atoms with Crippen molar-refractivity contribution in [1.82, 2.24) is 4.90 Å². The van der Waals surface area contributed by atoms with E-state index in [4.69, 9.17) is 9.47 Å². The number of benzene rings is 3. The summed E-state index contributed by atoms with van der Waals surface area (Å²) >= 11 is 0. The van der Waals surface area contributed by atoms with Crippen molar-refractivity contribution in [3.63, 3.8) is 0 Å². The van der Waals surface area contributed by atoms with Gasteiger partial charge in [0.15, 0.2) is 0 Å². The monoisotopic (exact) mass is 539 g/mol. The number of rotatable bonds is 7. The maximum Gasteiger partial charge on any atom is 0.416 e. The van der Waals surface area contributed by atoms with Crippen molar-refractivity contribution in [1.29, 1.82) is 0 Å². The van der Waals surface area contributed by atoms with E-state index in [0.29, 0.717) is 28.2 Å². The summed E-state index contributed by atoms with van der Waals surface area (Å²) in [6.07, 6.45) is -4.64. The van der Waals surface area contributed by atoms with E-state index in [2.05, 4.69) is 0 Å². The Morgan fingerprint density at radius 1 is 1.03 bits per heavy atom. The summed E-state index contributed by atoms with van der Waals surface area (Å²) in [7, 11) is 1.49. The molecule has 3 aromatic carbocycles. The molecule has 9 heteroatoms. The van der Waals surface area contributed by atoms with Gasteiger partial charge in [0, 0.05) is 12.1 Å². The molecule has 0 aliphatic carbocycles. The predicted molar refractivity (Wildman–Crippen MR) is 139 cm³/mol. The normalized spacial score (nSPS) is 17.1. The van der Waals surface area contributed by atoms with Gasteiger partial charge in [-0.2, -0.15) is 13.2 Å². The standard InChI is InChI=1S/C30H28F3NO5/c1-17(2)39-24-13-10-21(14-18(24)3)27(35)25-26(20-8-11-23(38-4)12-9-20)34(29(37)28(25)36)16-19-6-5-7-22(15-19)30(31,32)33/h5-15,17,26,35H,16H2,1-4H3/b27-25+. The van der Waals surface area contributed by atoms with Crippen molar-refractivity contribution in [2.24, 2.45) is 0 Å². The van der Waals surface area contributed by atoms with Crippen LogP contribution in [-0.4, -0.2) is 34.9 Å². The molecule has 1 aliphatic rings. The molecule has 39 heavy (non-hydrogen) atoms. The summed E-state index contributed by atoms with van der Waals surface area (Å²) in [5.41, 5.74) is 0.674. The number of Topliss-reactive ketones (excluding diaryl/α,β-unsaturated/α-hetero) is 1. The zero-order valence-corrected chi connectivity index (χ0v) is 21.9. The van der Waals surface area contributed by atoms with Crippen molar-refractivity contribution >= 4 is 17.4 Å². The predicted octanol–water partition coefficient (Wildman–Crippen LogP) is 6.43. The van der Waals surface area contributed by atoms with Crippen LogP contribution in [0, 0.1) is 6.92 Å². The Kier molecular flexibility index (Phi) is 7.72. The van der Waals surface area contributed by atoms with Crippen molar-refractivity contribution in [3.05, 3.63) is 100 Å². The first-order valence-corrected chi connectivity index (χ1v) is 12.3.